The van der Waals surface area contributed by atoms with E-state index in [0.717, 1.165) is 4.31 Å². The topological polar surface area (TPSA) is 94.2 Å². The van der Waals surface area contributed by atoms with Gasteiger partial charge in [0.25, 0.3) is 15.9 Å². The molecule has 0 bridgehead atoms. The molecule has 174 valence electrons. The number of ether oxygens (including phenoxy) is 3. The maximum absolute atomic E-state index is 13.2. The summed E-state index contributed by atoms with van der Waals surface area (Å²) in [5.41, 5.74) is 0.807. The first-order valence-electron chi connectivity index (χ1n) is 9.67. The first-order valence-corrected chi connectivity index (χ1v) is 11.5. The maximum atomic E-state index is 13.2. The summed E-state index contributed by atoms with van der Waals surface area (Å²) in [6, 6.07) is 15.4. The maximum Gasteiger partial charge on any atom is 0.264 e. The van der Waals surface area contributed by atoms with Crippen LogP contribution in [0.3, 0.4) is 0 Å². The van der Waals surface area contributed by atoms with Crippen molar-refractivity contribution in [3.05, 3.63) is 71.2 Å². The summed E-state index contributed by atoms with van der Waals surface area (Å²) in [4.78, 5) is 12.9. The van der Waals surface area contributed by atoms with E-state index in [1.165, 1.54) is 46.6 Å². The number of halogens is 1. The highest BCUT2D eigenvalue weighted by molar-refractivity contribution is 7.92. The minimum absolute atomic E-state index is 0.00116. The van der Waals surface area contributed by atoms with Gasteiger partial charge >= 0.3 is 0 Å². The fraction of sp³-hybridized carbons (Fsp3) is 0.174. The number of nitrogens with zero attached hydrogens (tertiary/aromatic N) is 1. The zero-order valence-electron chi connectivity index (χ0n) is 18.5. The monoisotopic (exact) mass is 490 g/mol. The standard InChI is InChI=1S/C23H23ClN2O6S/c1-26(15-5-7-16(30-2)8-6-15)33(28,29)18-10-11-20(24)19(14-18)23(27)25-21-12-9-17(31-3)13-22(21)32-4/h5-14H,1-4H3,(H,25,27). The van der Waals surface area contributed by atoms with Gasteiger partial charge in [-0.05, 0) is 54.6 Å². The lowest BCUT2D eigenvalue weighted by atomic mass is 10.2. The van der Waals surface area contributed by atoms with Gasteiger partial charge in [0.15, 0.2) is 0 Å². The summed E-state index contributed by atoms with van der Waals surface area (Å²) in [7, 11) is 1.96. The van der Waals surface area contributed by atoms with Crippen molar-refractivity contribution in [1.82, 2.24) is 0 Å². The van der Waals surface area contributed by atoms with E-state index in [9.17, 15) is 13.2 Å². The summed E-state index contributed by atoms with van der Waals surface area (Å²) in [5.74, 6) is 0.941. The van der Waals surface area contributed by atoms with Crippen LogP contribution in [-0.4, -0.2) is 42.7 Å². The molecule has 3 aromatic carbocycles. The van der Waals surface area contributed by atoms with E-state index in [0.29, 0.717) is 28.6 Å². The number of benzene rings is 3. The van der Waals surface area contributed by atoms with E-state index in [-0.39, 0.29) is 15.5 Å². The van der Waals surface area contributed by atoms with Crippen LogP contribution in [0.25, 0.3) is 0 Å². The number of methoxy groups -OCH3 is 3. The van der Waals surface area contributed by atoms with Crippen molar-refractivity contribution in [3.63, 3.8) is 0 Å². The van der Waals surface area contributed by atoms with E-state index in [1.54, 1.807) is 42.5 Å². The first-order chi connectivity index (χ1) is 15.7. The number of hydrogen-bond acceptors (Lipinski definition) is 6. The second-order valence-corrected chi connectivity index (χ2v) is 9.21. The van der Waals surface area contributed by atoms with Crippen LogP contribution in [0.4, 0.5) is 11.4 Å². The minimum atomic E-state index is -3.97. The molecule has 8 nitrogen and oxygen atoms in total. The van der Waals surface area contributed by atoms with Crippen LogP contribution in [0.5, 0.6) is 17.2 Å². The van der Waals surface area contributed by atoms with Gasteiger partial charge in [0.2, 0.25) is 0 Å². The van der Waals surface area contributed by atoms with Crippen molar-refractivity contribution in [2.75, 3.05) is 38.0 Å². The van der Waals surface area contributed by atoms with Crippen LogP contribution in [0.2, 0.25) is 5.02 Å². The molecule has 0 aromatic heterocycles. The van der Waals surface area contributed by atoms with Gasteiger partial charge in [-0.1, -0.05) is 11.6 Å². The minimum Gasteiger partial charge on any atom is -0.497 e. The van der Waals surface area contributed by atoms with Gasteiger partial charge in [-0.3, -0.25) is 9.10 Å². The van der Waals surface area contributed by atoms with Gasteiger partial charge in [-0.2, -0.15) is 0 Å². The Morgan fingerprint density at radius 1 is 0.879 bits per heavy atom. The van der Waals surface area contributed by atoms with Gasteiger partial charge in [-0.15, -0.1) is 0 Å². The van der Waals surface area contributed by atoms with Crippen molar-refractivity contribution < 1.29 is 27.4 Å². The van der Waals surface area contributed by atoms with Gasteiger partial charge in [-0.25, -0.2) is 8.42 Å². The van der Waals surface area contributed by atoms with Crippen LogP contribution in [0.15, 0.2) is 65.6 Å². The summed E-state index contributed by atoms with van der Waals surface area (Å²) in [6.07, 6.45) is 0. The third-order valence-corrected chi connectivity index (χ3v) is 7.04. The van der Waals surface area contributed by atoms with Gasteiger partial charge in [0.05, 0.1) is 48.2 Å². The molecule has 0 radical (unpaired) electrons. The average Bonchev–Trinajstić information content (AvgIpc) is 2.83. The number of hydrogen-bond donors (Lipinski definition) is 1. The van der Waals surface area contributed by atoms with Crippen molar-refractivity contribution in [2.24, 2.45) is 0 Å². The number of carbonyl (C=O) groups excluding carboxylic acids is 1. The zero-order chi connectivity index (χ0) is 24.2. The summed E-state index contributed by atoms with van der Waals surface area (Å²) in [5, 5.41) is 2.80. The molecule has 0 saturated carbocycles. The molecule has 1 N–H and O–H groups in total. The Balaban J connectivity index is 1.91. The van der Waals surface area contributed by atoms with Crippen LogP contribution in [0.1, 0.15) is 10.4 Å². The normalized spacial score (nSPS) is 10.9. The third-order valence-electron chi connectivity index (χ3n) is 4.93. The highest BCUT2D eigenvalue weighted by Crippen LogP contribution is 2.31. The Morgan fingerprint density at radius 3 is 2.12 bits per heavy atom. The van der Waals surface area contributed by atoms with Crippen molar-refractivity contribution in [3.8, 4) is 17.2 Å². The first kappa shape index (κ1) is 24.2. The molecule has 0 aliphatic rings. The largest absolute Gasteiger partial charge is 0.497 e. The quantitative estimate of drug-likeness (QED) is 0.501. The lowest BCUT2D eigenvalue weighted by Gasteiger charge is -2.20. The second-order valence-electron chi connectivity index (χ2n) is 6.83. The Bertz CT molecular complexity index is 1260. The van der Waals surface area contributed by atoms with Gasteiger partial charge in [0.1, 0.15) is 17.2 Å². The second kappa shape index (κ2) is 10.0. The molecule has 0 saturated heterocycles. The number of sulfonamides is 1. The van der Waals surface area contributed by atoms with Crippen molar-refractivity contribution >= 4 is 38.9 Å². The molecule has 0 fully saturated rings. The molecular weight excluding hydrogens is 468 g/mol. The Morgan fingerprint density at radius 2 is 1.52 bits per heavy atom. The van der Waals surface area contributed by atoms with E-state index >= 15 is 0 Å². The predicted octanol–water partition coefficient (Wildman–Crippen LogP) is 4.44. The molecule has 1 amide bonds. The van der Waals surface area contributed by atoms with Crippen LogP contribution < -0.4 is 23.8 Å². The van der Waals surface area contributed by atoms with Gasteiger partial charge < -0.3 is 19.5 Å². The molecule has 0 atom stereocenters. The summed E-state index contributed by atoms with van der Waals surface area (Å²) >= 11 is 6.22. The summed E-state index contributed by atoms with van der Waals surface area (Å²) < 4.78 is 43.0. The number of rotatable bonds is 8. The molecule has 0 spiro atoms. The predicted molar refractivity (Wildman–Crippen MR) is 128 cm³/mol. The van der Waals surface area contributed by atoms with E-state index in [4.69, 9.17) is 25.8 Å². The average molecular weight is 491 g/mol. The van der Waals surface area contributed by atoms with E-state index < -0.39 is 15.9 Å². The van der Waals surface area contributed by atoms with E-state index in [1.807, 2.05) is 0 Å². The molecule has 3 aromatic rings. The highest BCUT2D eigenvalue weighted by atomic mass is 35.5. The fourth-order valence-electron chi connectivity index (χ4n) is 3.02. The number of nitrogens with one attached hydrogen (secondary N) is 1. The Kier molecular flexibility index (Phi) is 7.35. The number of carbonyl (C=O) groups is 1. The molecule has 0 aliphatic carbocycles. The molecule has 0 heterocycles. The molecule has 0 unspecified atom stereocenters. The number of amides is 1. The molecule has 0 aliphatic heterocycles. The lowest BCUT2D eigenvalue weighted by molar-refractivity contribution is 0.102. The van der Waals surface area contributed by atoms with Gasteiger partial charge in [0, 0.05) is 13.1 Å². The van der Waals surface area contributed by atoms with E-state index in [2.05, 4.69) is 5.32 Å². The fourth-order valence-corrected chi connectivity index (χ4v) is 4.44. The molecule has 10 heteroatoms. The molecular formula is C23H23ClN2O6S. The van der Waals surface area contributed by atoms with Crippen LogP contribution in [-0.2, 0) is 10.0 Å². The number of anilines is 2. The van der Waals surface area contributed by atoms with Crippen molar-refractivity contribution in [2.45, 2.75) is 4.90 Å². The van der Waals surface area contributed by atoms with Crippen molar-refractivity contribution in [1.29, 1.82) is 0 Å². The Hall–Kier alpha value is -3.43. The van der Waals surface area contributed by atoms with Crippen LogP contribution >= 0.6 is 11.6 Å². The highest BCUT2D eigenvalue weighted by Gasteiger charge is 2.24. The molecule has 33 heavy (non-hydrogen) atoms. The third kappa shape index (κ3) is 5.15. The molecule has 3 rings (SSSR count). The zero-order valence-corrected chi connectivity index (χ0v) is 20.0. The summed E-state index contributed by atoms with van der Waals surface area (Å²) in [6.45, 7) is 0. The SMILES string of the molecule is COc1ccc(N(C)S(=O)(=O)c2ccc(Cl)c(C(=O)Nc3ccc(OC)cc3OC)c2)cc1. The van der Waals surface area contributed by atoms with Crippen LogP contribution in [0, 0.1) is 0 Å². The smallest absolute Gasteiger partial charge is 0.264 e. The lowest BCUT2D eigenvalue weighted by Crippen LogP contribution is -2.27. The Labute approximate surface area is 197 Å².